The van der Waals surface area contributed by atoms with Gasteiger partial charge in [-0.3, -0.25) is 0 Å². The first-order valence-corrected chi connectivity index (χ1v) is 7.96. The Balaban J connectivity index is 1.82. The fourth-order valence-corrected chi connectivity index (χ4v) is 3.01. The fourth-order valence-electron chi connectivity index (χ4n) is 2.84. The molecule has 0 spiro atoms. The van der Waals surface area contributed by atoms with Crippen molar-refractivity contribution < 1.29 is 9.90 Å². The molecule has 2 rings (SSSR count). The molecule has 1 aliphatic heterocycles. The summed E-state index contributed by atoms with van der Waals surface area (Å²) in [5.74, 6) is -0.954. The first-order chi connectivity index (χ1) is 10.1. The molecule has 4 nitrogen and oxygen atoms in total. The van der Waals surface area contributed by atoms with E-state index in [0.29, 0.717) is 16.8 Å². The first kappa shape index (κ1) is 16.1. The van der Waals surface area contributed by atoms with Crippen LogP contribution in [0, 0.1) is 0 Å². The SMILES string of the molecule is CC1CCCCN1CCCNc1ccc(Cl)cc1C(=O)O. The van der Waals surface area contributed by atoms with Crippen molar-refractivity contribution in [3.63, 3.8) is 0 Å². The van der Waals surface area contributed by atoms with Gasteiger partial charge in [-0.1, -0.05) is 18.0 Å². The molecule has 1 heterocycles. The molecule has 1 aromatic rings. The van der Waals surface area contributed by atoms with Crippen molar-refractivity contribution in [3.05, 3.63) is 28.8 Å². The van der Waals surface area contributed by atoms with Crippen molar-refractivity contribution in [1.29, 1.82) is 0 Å². The van der Waals surface area contributed by atoms with Crippen LogP contribution >= 0.6 is 11.6 Å². The lowest BCUT2D eigenvalue weighted by Gasteiger charge is -2.33. The van der Waals surface area contributed by atoms with Gasteiger partial charge in [0, 0.05) is 29.8 Å². The Hall–Kier alpha value is -1.26. The molecule has 2 N–H and O–H groups in total. The van der Waals surface area contributed by atoms with Crippen LogP contribution < -0.4 is 5.32 Å². The summed E-state index contributed by atoms with van der Waals surface area (Å²) in [5, 5.41) is 12.8. The Morgan fingerprint density at radius 1 is 1.48 bits per heavy atom. The van der Waals surface area contributed by atoms with Gasteiger partial charge in [-0.25, -0.2) is 4.79 Å². The third-order valence-corrected chi connectivity index (χ3v) is 4.33. The molecule has 116 valence electrons. The van der Waals surface area contributed by atoms with Crippen LogP contribution in [0.1, 0.15) is 43.0 Å². The molecule has 0 aliphatic carbocycles. The predicted molar refractivity (Wildman–Crippen MR) is 86.4 cm³/mol. The summed E-state index contributed by atoms with van der Waals surface area (Å²) in [6, 6.07) is 5.60. The summed E-state index contributed by atoms with van der Waals surface area (Å²) < 4.78 is 0. The lowest BCUT2D eigenvalue weighted by atomic mass is 10.0. The highest BCUT2D eigenvalue weighted by molar-refractivity contribution is 6.31. The summed E-state index contributed by atoms with van der Waals surface area (Å²) in [6.07, 6.45) is 4.92. The zero-order chi connectivity index (χ0) is 15.2. The first-order valence-electron chi connectivity index (χ1n) is 7.58. The second-order valence-electron chi connectivity index (χ2n) is 5.66. The summed E-state index contributed by atoms with van der Waals surface area (Å²) in [4.78, 5) is 13.7. The van der Waals surface area contributed by atoms with Gasteiger partial charge >= 0.3 is 5.97 Å². The highest BCUT2D eigenvalue weighted by atomic mass is 35.5. The summed E-state index contributed by atoms with van der Waals surface area (Å²) in [7, 11) is 0. The van der Waals surface area contributed by atoms with Crippen LogP contribution in [0.15, 0.2) is 18.2 Å². The van der Waals surface area contributed by atoms with E-state index in [9.17, 15) is 9.90 Å². The minimum Gasteiger partial charge on any atom is -0.478 e. The van der Waals surface area contributed by atoms with Gasteiger partial charge in [0.05, 0.1) is 5.56 Å². The maximum atomic E-state index is 11.2. The molecule has 5 heteroatoms. The van der Waals surface area contributed by atoms with E-state index in [0.717, 1.165) is 19.5 Å². The van der Waals surface area contributed by atoms with E-state index >= 15 is 0 Å². The Kier molecular flexibility index (Phi) is 5.88. The van der Waals surface area contributed by atoms with E-state index < -0.39 is 5.97 Å². The molecule has 0 bridgehead atoms. The van der Waals surface area contributed by atoms with Gasteiger partial charge in [0.2, 0.25) is 0 Å². The minimum atomic E-state index is -0.954. The lowest BCUT2D eigenvalue weighted by molar-refractivity contribution is 0.0698. The highest BCUT2D eigenvalue weighted by Gasteiger charge is 2.17. The van der Waals surface area contributed by atoms with Gasteiger partial charge in [0.25, 0.3) is 0 Å². The van der Waals surface area contributed by atoms with Crippen LogP contribution in [-0.4, -0.2) is 41.7 Å². The lowest BCUT2D eigenvalue weighted by Crippen LogP contribution is -2.38. The second-order valence-corrected chi connectivity index (χ2v) is 6.09. The van der Waals surface area contributed by atoms with Gasteiger partial charge in [0.1, 0.15) is 0 Å². The molecule has 1 fully saturated rings. The zero-order valence-corrected chi connectivity index (χ0v) is 13.2. The van der Waals surface area contributed by atoms with Gasteiger partial charge in [-0.05, 0) is 50.9 Å². The van der Waals surface area contributed by atoms with Crippen LogP contribution in [-0.2, 0) is 0 Å². The molecule has 0 saturated carbocycles. The highest BCUT2D eigenvalue weighted by Crippen LogP contribution is 2.21. The van der Waals surface area contributed by atoms with E-state index in [1.54, 1.807) is 12.1 Å². The third kappa shape index (κ3) is 4.61. The number of nitrogens with one attached hydrogen (secondary N) is 1. The zero-order valence-electron chi connectivity index (χ0n) is 12.4. The summed E-state index contributed by atoms with van der Waals surface area (Å²) in [6.45, 7) is 5.30. The monoisotopic (exact) mass is 310 g/mol. The van der Waals surface area contributed by atoms with Crippen molar-refractivity contribution in [2.24, 2.45) is 0 Å². The minimum absolute atomic E-state index is 0.230. The molecular weight excluding hydrogens is 288 g/mol. The number of nitrogens with zero attached hydrogens (tertiary/aromatic N) is 1. The Morgan fingerprint density at radius 3 is 3.00 bits per heavy atom. The van der Waals surface area contributed by atoms with Crippen molar-refractivity contribution in [1.82, 2.24) is 4.90 Å². The van der Waals surface area contributed by atoms with E-state index in [1.165, 1.54) is 31.9 Å². The van der Waals surface area contributed by atoms with Gasteiger partial charge in [0.15, 0.2) is 0 Å². The van der Waals surface area contributed by atoms with Crippen LogP contribution in [0.3, 0.4) is 0 Å². The van der Waals surface area contributed by atoms with Crippen molar-refractivity contribution in [2.45, 2.75) is 38.6 Å². The van der Waals surface area contributed by atoms with Crippen LogP contribution in [0.5, 0.6) is 0 Å². The molecular formula is C16H23ClN2O2. The van der Waals surface area contributed by atoms with E-state index in [1.807, 2.05) is 0 Å². The number of halogens is 1. The molecule has 0 amide bonds. The standard InChI is InChI=1S/C16H23ClN2O2/c1-12-5-2-3-9-19(12)10-4-8-18-15-7-6-13(17)11-14(15)16(20)21/h6-7,11-12,18H,2-5,8-10H2,1H3,(H,20,21). The molecule has 1 unspecified atom stereocenters. The van der Waals surface area contributed by atoms with Crippen molar-refractivity contribution in [2.75, 3.05) is 25.0 Å². The molecule has 1 saturated heterocycles. The molecule has 1 aliphatic rings. The Labute approximate surface area is 131 Å². The van der Waals surface area contributed by atoms with Crippen LogP contribution in [0.25, 0.3) is 0 Å². The topological polar surface area (TPSA) is 52.6 Å². The number of benzene rings is 1. The maximum absolute atomic E-state index is 11.2. The molecule has 0 aromatic heterocycles. The second kappa shape index (κ2) is 7.66. The number of anilines is 1. The summed E-state index contributed by atoms with van der Waals surface area (Å²) >= 11 is 5.84. The van der Waals surface area contributed by atoms with Crippen molar-refractivity contribution >= 4 is 23.3 Å². The smallest absolute Gasteiger partial charge is 0.337 e. The maximum Gasteiger partial charge on any atom is 0.337 e. The van der Waals surface area contributed by atoms with Crippen molar-refractivity contribution in [3.8, 4) is 0 Å². The third-order valence-electron chi connectivity index (χ3n) is 4.09. The largest absolute Gasteiger partial charge is 0.478 e. The molecule has 21 heavy (non-hydrogen) atoms. The number of aromatic carboxylic acids is 1. The number of hydrogen-bond acceptors (Lipinski definition) is 3. The molecule has 1 atom stereocenters. The average molecular weight is 311 g/mol. The van der Waals surface area contributed by atoms with E-state index in [4.69, 9.17) is 11.6 Å². The number of likely N-dealkylation sites (tertiary alicyclic amines) is 1. The Morgan fingerprint density at radius 2 is 2.29 bits per heavy atom. The van der Waals surface area contributed by atoms with Crippen LogP contribution in [0.2, 0.25) is 5.02 Å². The number of carboxylic acids is 1. The van der Waals surface area contributed by atoms with Crippen LogP contribution in [0.4, 0.5) is 5.69 Å². The number of carbonyl (C=O) groups is 1. The summed E-state index contributed by atoms with van der Waals surface area (Å²) in [5.41, 5.74) is 0.868. The van der Waals surface area contributed by atoms with Gasteiger partial charge < -0.3 is 15.3 Å². The molecule has 0 radical (unpaired) electrons. The normalized spacial score (nSPS) is 19.4. The number of hydrogen-bond donors (Lipinski definition) is 2. The van der Waals surface area contributed by atoms with Gasteiger partial charge in [-0.2, -0.15) is 0 Å². The Bertz CT molecular complexity index is 493. The van der Waals surface area contributed by atoms with E-state index in [-0.39, 0.29) is 5.56 Å². The number of rotatable bonds is 6. The molecule has 1 aromatic carbocycles. The van der Waals surface area contributed by atoms with E-state index in [2.05, 4.69) is 17.1 Å². The average Bonchev–Trinajstić information content (AvgIpc) is 2.46. The number of piperidine rings is 1. The number of carboxylic acid groups (broad SMARTS) is 1. The predicted octanol–water partition coefficient (Wildman–Crippen LogP) is 3.71. The fraction of sp³-hybridized carbons (Fsp3) is 0.562. The van der Waals surface area contributed by atoms with Gasteiger partial charge in [-0.15, -0.1) is 0 Å². The quantitative estimate of drug-likeness (QED) is 0.786.